The number of benzene rings is 1. The number of fused-ring (bicyclic) bond motifs is 1. The molecule has 0 N–H and O–H groups in total. The maximum absolute atomic E-state index is 14.7. The highest BCUT2D eigenvalue weighted by Gasteiger charge is 2.35. The number of hydrogen-bond acceptors (Lipinski definition) is 5. The highest BCUT2D eigenvalue weighted by Crippen LogP contribution is 2.31. The predicted octanol–water partition coefficient (Wildman–Crippen LogP) is 3.60. The number of aromatic nitrogens is 4. The smallest absolute Gasteiger partial charge is 0.422 e. The third-order valence-corrected chi connectivity index (χ3v) is 4.81. The lowest BCUT2D eigenvalue weighted by Crippen LogP contribution is -2.25. The number of aryl methyl sites for hydroxylation is 1. The number of nitrogens with zero attached hydrogens (tertiary/aromatic N) is 5. The van der Waals surface area contributed by atoms with Gasteiger partial charge < -0.3 is 9.64 Å². The van der Waals surface area contributed by atoms with Gasteiger partial charge in [-0.1, -0.05) is 12.1 Å². The number of halogens is 4. The van der Waals surface area contributed by atoms with Crippen LogP contribution in [0.1, 0.15) is 28.5 Å². The molecule has 3 heterocycles. The van der Waals surface area contributed by atoms with Gasteiger partial charge >= 0.3 is 6.18 Å². The molecule has 3 aromatic rings. The maximum Gasteiger partial charge on any atom is 0.422 e. The van der Waals surface area contributed by atoms with Crippen LogP contribution in [-0.4, -0.2) is 43.3 Å². The molecule has 31 heavy (non-hydrogen) atoms. The zero-order valence-corrected chi connectivity index (χ0v) is 16.4. The second kappa shape index (κ2) is 7.97. The lowest BCUT2D eigenvalue weighted by atomic mass is 10.1. The molecule has 0 spiro atoms. The Balaban J connectivity index is 1.52. The first-order chi connectivity index (χ1) is 14.7. The van der Waals surface area contributed by atoms with Crippen molar-refractivity contribution in [3.63, 3.8) is 0 Å². The lowest BCUT2D eigenvalue weighted by Gasteiger charge is -2.16. The Kier molecular flexibility index (Phi) is 5.34. The third-order valence-electron chi connectivity index (χ3n) is 4.81. The van der Waals surface area contributed by atoms with Crippen LogP contribution in [-0.2, 0) is 19.6 Å². The molecule has 1 aliphatic rings. The van der Waals surface area contributed by atoms with E-state index in [2.05, 4.69) is 19.8 Å². The van der Waals surface area contributed by atoms with Crippen molar-refractivity contribution in [3.8, 4) is 17.0 Å². The van der Waals surface area contributed by atoms with Crippen LogP contribution >= 0.6 is 0 Å². The molecular formula is C20H17F4N5O2. The third kappa shape index (κ3) is 4.35. The number of ether oxygens (including phenoxy) is 1. The van der Waals surface area contributed by atoms with E-state index in [0.717, 1.165) is 11.9 Å². The summed E-state index contributed by atoms with van der Waals surface area (Å²) in [4.78, 5) is 21.6. The summed E-state index contributed by atoms with van der Waals surface area (Å²) < 4.78 is 58.5. The van der Waals surface area contributed by atoms with Crippen molar-refractivity contribution in [1.29, 1.82) is 0 Å². The van der Waals surface area contributed by atoms with Crippen LogP contribution in [0.2, 0.25) is 0 Å². The van der Waals surface area contributed by atoms with Crippen molar-refractivity contribution in [3.05, 3.63) is 59.6 Å². The molecule has 0 bridgehead atoms. The minimum absolute atomic E-state index is 0.0174. The molecule has 0 saturated heterocycles. The number of carbonyl (C=O) groups is 1. The van der Waals surface area contributed by atoms with Gasteiger partial charge in [0.25, 0.3) is 5.91 Å². The molecule has 162 valence electrons. The van der Waals surface area contributed by atoms with Gasteiger partial charge in [-0.15, -0.1) is 0 Å². The van der Waals surface area contributed by atoms with Crippen LogP contribution in [0.25, 0.3) is 11.1 Å². The van der Waals surface area contributed by atoms with Crippen LogP contribution in [0.5, 0.6) is 5.88 Å². The van der Waals surface area contributed by atoms with E-state index in [1.807, 2.05) is 6.92 Å². The summed E-state index contributed by atoms with van der Waals surface area (Å²) in [5.74, 6) is -1.55. The monoisotopic (exact) mass is 435 g/mol. The maximum atomic E-state index is 14.7. The summed E-state index contributed by atoms with van der Waals surface area (Å²) in [5.41, 5.74) is 1.78. The van der Waals surface area contributed by atoms with Gasteiger partial charge in [0.15, 0.2) is 6.61 Å². The molecule has 7 nitrogen and oxygen atoms in total. The Hall–Kier alpha value is -3.50. The van der Waals surface area contributed by atoms with Crippen molar-refractivity contribution in [2.45, 2.75) is 32.7 Å². The molecule has 4 rings (SSSR count). The van der Waals surface area contributed by atoms with E-state index in [1.165, 1.54) is 11.0 Å². The van der Waals surface area contributed by atoms with Crippen LogP contribution < -0.4 is 4.74 Å². The SMILES string of the molecule is CCn1cc(-c2ccc(CN3Cc4ncnc(OCC(F)(F)F)c4C3=O)c(F)c2)cn1. The van der Waals surface area contributed by atoms with Crippen molar-refractivity contribution < 1.29 is 27.1 Å². The fourth-order valence-corrected chi connectivity index (χ4v) is 3.28. The van der Waals surface area contributed by atoms with Crippen molar-refractivity contribution in [2.75, 3.05) is 6.61 Å². The topological polar surface area (TPSA) is 73.1 Å². The van der Waals surface area contributed by atoms with Crippen LogP contribution in [0.3, 0.4) is 0 Å². The first-order valence-corrected chi connectivity index (χ1v) is 9.39. The standard InChI is InChI=1S/C20H17F4N5O2/c1-2-29-8-14(6-27-29)12-3-4-13(15(21)5-12)7-28-9-16-17(19(28)30)18(26-11-25-16)31-10-20(22,23)24/h3-6,8,11H,2,7,9-10H2,1H3. The number of rotatable bonds is 6. The fraction of sp³-hybridized carbons (Fsp3) is 0.300. The summed E-state index contributed by atoms with van der Waals surface area (Å²) in [7, 11) is 0. The number of amides is 1. The molecule has 0 atom stereocenters. The zero-order valence-electron chi connectivity index (χ0n) is 16.4. The van der Waals surface area contributed by atoms with Crippen molar-refractivity contribution in [1.82, 2.24) is 24.6 Å². The molecule has 0 saturated carbocycles. The Morgan fingerprint density at radius 2 is 2.00 bits per heavy atom. The van der Waals surface area contributed by atoms with E-state index in [9.17, 15) is 22.4 Å². The molecular weight excluding hydrogens is 418 g/mol. The van der Waals surface area contributed by atoms with Crippen LogP contribution in [0, 0.1) is 5.82 Å². The van der Waals surface area contributed by atoms with Gasteiger partial charge in [0.05, 0.1) is 18.4 Å². The minimum atomic E-state index is -4.57. The number of hydrogen-bond donors (Lipinski definition) is 0. The summed E-state index contributed by atoms with van der Waals surface area (Å²) in [6.45, 7) is 0.997. The molecule has 2 aromatic heterocycles. The highest BCUT2D eigenvalue weighted by atomic mass is 19.4. The van der Waals surface area contributed by atoms with Gasteiger partial charge in [0.2, 0.25) is 5.88 Å². The fourth-order valence-electron chi connectivity index (χ4n) is 3.28. The van der Waals surface area contributed by atoms with E-state index in [-0.39, 0.29) is 29.9 Å². The Morgan fingerprint density at radius 1 is 1.19 bits per heavy atom. The first-order valence-electron chi connectivity index (χ1n) is 9.39. The van der Waals surface area contributed by atoms with Gasteiger partial charge in [-0.3, -0.25) is 9.48 Å². The van der Waals surface area contributed by atoms with Gasteiger partial charge in [-0.25, -0.2) is 14.4 Å². The molecule has 11 heteroatoms. The largest absolute Gasteiger partial charge is 0.467 e. The molecule has 1 amide bonds. The summed E-state index contributed by atoms with van der Waals surface area (Å²) in [6, 6.07) is 4.65. The van der Waals surface area contributed by atoms with Crippen molar-refractivity contribution in [2.24, 2.45) is 0 Å². The Bertz CT molecular complexity index is 1130. The van der Waals surface area contributed by atoms with E-state index < -0.39 is 30.4 Å². The second-order valence-electron chi connectivity index (χ2n) is 6.96. The predicted molar refractivity (Wildman–Crippen MR) is 100 cm³/mol. The zero-order chi connectivity index (χ0) is 22.2. The first kappa shape index (κ1) is 20.8. The molecule has 0 aliphatic carbocycles. The molecule has 0 fully saturated rings. The normalized spacial score (nSPS) is 13.6. The van der Waals surface area contributed by atoms with Crippen LogP contribution in [0.15, 0.2) is 36.9 Å². The second-order valence-corrected chi connectivity index (χ2v) is 6.96. The highest BCUT2D eigenvalue weighted by molar-refractivity contribution is 5.99. The van der Waals surface area contributed by atoms with E-state index in [1.54, 1.807) is 29.2 Å². The lowest BCUT2D eigenvalue weighted by molar-refractivity contribution is -0.154. The van der Waals surface area contributed by atoms with E-state index in [4.69, 9.17) is 0 Å². The summed E-state index contributed by atoms with van der Waals surface area (Å²) in [5, 5.41) is 4.16. The number of alkyl halides is 3. The summed E-state index contributed by atoms with van der Waals surface area (Å²) >= 11 is 0. The van der Waals surface area contributed by atoms with Gasteiger partial charge in [0, 0.05) is 30.4 Å². The van der Waals surface area contributed by atoms with E-state index in [0.29, 0.717) is 12.1 Å². The number of carbonyl (C=O) groups excluding carboxylic acids is 1. The quantitative estimate of drug-likeness (QED) is 0.554. The van der Waals surface area contributed by atoms with Crippen LogP contribution in [0.4, 0.5) is 17.6 Å². The average molecular weight is 435 g/mol. The summed E-state index contributed by atoms with van der Waals surface area (Å²) in [6.07, 6.45) is -0.0964. The Labute approximate surface area is 174 Å². The Morgan fingerprint density at radius 3 is 2.68 bits per heavy atom. The minimum Gasteiger partial charge on any atom is -0.467 e. The molecule has 1 aromatic carbocycles. The van der Waals surface area contributed by atoms with Gasteiger partial charge in [-0.2, -0.15) is 18.3 Å². The van der Waals surface area contributed by atoms with Crippen molar-refractivity contribution >= 4 is 5.91 Å². The van der Waals surface area contributed by atoms with Gasteiger partial charge in [0.1, 0.15) is 17.7 Å². The molecule has 0 unspecified atom stereocenters. The van der Waals surface area contributed by atoms with Gasteiger partial charge in [-0.05, 0) is 18.6 Å². The molecule has 0 radical (unpaired) electrons. The molecule has 1 aliphatic heterocycles. The average Bonchev–Trinajstić information content (AvgIpc) is 3.33. The van der Waals surface area contributed by atoms with E-state index >= 15 is 0 Å².